The van der Waals surface area contributed by atoms with Crippen LogP contribution < -0.4 is 0 Å². The number of benzene rings is 3. The number of rotatable bonds is 9. The summed E-state index contributed by atoms with van der Waals surface area (Å²) in [6.07, 6.45) is 4.68. The van der Waals surface area contributed by atoms with E-state index in [0.717, 1.165) is 40.2 Å². The maximum Gasteiger partial charge on any atom is 0.296 e. The van der Waals surface area contributed by atoms with Gasteiger partial charge in [-0.2, -0.15) is 8.42 Å². The van der Waals surface area contributed by atoms with Crippen LogP contribution >= 0.6 is 31.9 Å². The molecular weight excluding hydrogens is 564 g/mol. The first-order valence-electron chi connectivity index (χ1n) is 11.3. The van der Waals surface area contributed by atoms with E-state index in [2.05, 4.69) is 75.2 Å². The first kappa shape index (κ1) is 24.6. The Kier molecular flexibility index (Phi) is 7.49. The van der Waals surface area contributed by atoms with Crippen LogP contribution in [0.1, 0.15) is 55.7 Å². The average Bonchev–Trinajstić information content (AvgIpc) is 3.04. The molecule has 6 heteroatoms. The highest BCUT2D eigenvalue weighted by Gasteiger charge is 2.42. The zero-order chi connectivity index (χ0) is 23.6. The van der Waals surface area contributed by atoms with E-state index in [-0.39, 0.29) is 16.9 Å². The predicted octanol–water partition coefficient (Wildman–Crippen LogP) is 8.16. The van der Waals surface area contributed by atoms with Crippen LogP contribution in [0.25, 0.3) is 11.1 Å². The summed E-state index contributed by atoms with van der Waals surface area (Å²) in [5.74, 6) is 0. The quantitative estimate of drug-likeness (QED) is 0.186. The van der Waals surface area contributed by atoms with Gasteiger partial charge in [-0.05, 0) is 84.8 Å². The summed E-state index contributed by atoms with van der Waals surface area (Å²) in [6, 6.07) is 19.8. The van der Waals surface area contributed by atoms with Crippen molar-refractivity contribution in [2.75, 3.05) is 6.61 Å². The summed E-state index contributed by atoms with van der Waals surface area (Å²) < 4.78 is 32.9. The van der Waals surface area contributed by atoms with Gasteiger partial charge in [0.1, 0.15) is 0 Å². The van der Waals surface area contributed by atoms with Gasteiger partial charge in [0.25, 0.3) is 10.1 Å². The van der Waals surface area contributed by atoms with Crippen LogP contribution in [0.5, 0.6) is 0 Å². The Hall–Kier alpha value is -1.47. The molecule has 0 spiro atoms. The predicted molar refractivity (Wildman–Crippen MR) is 141 cm³/mol. The van der Waals surface area contributed by atoms with Crippen LogP contribution in [-0.4, -0.2) is 15.0 Å². The number of hydrogen-bond donors (Lipinski definition) is 0. The standard InChI is InChI=1S/C27H28Br2O3S/c1-3-4-14-27(15-5-16-32-33(30,31)22-10-6-19(2)7-11-22)25-17-20(28)8-12-23(25)24-13-9-21(29)18-26(24)27/h6-13,17-18H,3-5,14-16H2,1-2H3. The van der Waals surface area contributed by atoms with E-state index < -0.39 is 10.1 Å². The number of halogens is 2. The molecule has 1 aliphatic rings. The van der Waals surface area contributed by atoms with E-state index in [1.807, 2.05) is 6.92 Å². The molecule has 0 saturated carbocycles. The Labute approximate surface area is 214 Å². The second-order valence-corrected chi connectivity index (χ2v) is 12.2. The molecule has 33 heavy (non-hydrogen) atoms. The van der Waals surface area contributed by atoms with Gasteiger partial charge in [0, 0.05) is 14.4 Å². The van der Waals surface area contributed by atoms with Crippen LogP contribution in [0.2, 0.25) is 0 Å². The minimum Gasteiger partial charge on any atom is -0.266 e. The van der Waals surface area contributed by atoms with Gasteiger partial charge in [0.05, 0.1) is 11.5 Å². The van der Waals surface area contributed by atoms with E-state index in [9.17, 15) is 8.42 Å². The highest BCUT2D eigenvalue weighted by molar-refractivity contribution is 9.10. The molecule has 0 radical (unpaired) electrons. The topological polar surface area (TPSA) is 43.4 Å². The Balaban J connectivity index is 1.61. The molecule has 0 aromatic heterocycles. The molecule has 3 aromatic rings. The Bertz CT molecular complexity index is 1200. The van der Waals surface area contributed by atoms with E-state index in [1.54, 1.807) is 24.3 Å². The van der Waals surface area contributed by atoms with Gasteiger partial charge < -0.3 is 0 Å². The number of aryl methyl sites for hydroxylation is 1. The summed E-state index contributed by atoms with van der Waals surface area (Å²) in [7, 11) is -3.76. The molecule has 3 aromatic carbocycles. The molecular formula is C27H28Br2O3S. The largest absolute Gasteiger partial charge is 0.296 e. The average molecular weight is 592 g/mol. The minimum absolute atomic E-state index is 0.161. The van der Waals surface area contributed by atoms with Crippen LogP contribution in [0.15, 0.2) is 74.5 Å². The molecule has 0 heterocycles. The first-order chi connectivity index (χ1) is 15.8. The maximum atomic E-state index is 12.6. The monoisotopic (exact) mass is 590 g/mol. The van der Waals surface area contributed by atoms with Crippen LogP contribution in [0.4, 0.5) is 0 Å². The van der Waals surface area contributed by atoms with Crippen molar-refractivity contribution in [1.29, 1.82) is 0 Å². The van der Waals surface area contributed by atoms with Crippen LogP contribution in [0.3, 0.4) is 0 Å². The summed E-state index contributed by atoms with van der Waals surface area (Å²) in [5, 5.41) is 0. The van der Waals surface area contributed by atoms with Gasteiger partial charge in [-0.25, -0.2) is 0 Å². The second-order valence-electron chi connectivity index (χ2n) is 8.76. The summed E-state index contributed by atoms with van der Waals surface area (Å²) >= 11 is 7.34. The molecule has 0 fully saturated rings. The lowest BCUT2D eigenvalue weighted by atomic mass is 9.71. The fourth-order valence-electron chi connectivity index (χ4n) is 4.90. The summed E-state index contributed by atoms with van der Waals surface area (Å²) in [4.78, 5) is 0.207. The fourth-order valence-corrected chi connectivity index (χ4v) is 6.56. The number of fused-ring (bicyclic) bond motifs is 3. The Morgan fingerprint density at radius 3 is 1.91 bits per heavy atom. The second kappa shape index (κ2) is 10.0. The number of hydrogen-bond acceptors (Lipinski definition) is 3. The molecule has 0 unspecified atom stereocenters. The first-order valence-corrected chi connectivity index (χ1v) is 14.3. The molecule has 174 valence electrons. The van der Waals surface area contributed by atoms with Crippen molar-refractivity contribution in [3.05, 3.63) is 86.3 Å². The van der Waals surface area contributed by atoms with E-state index in [0.29, 0.717) is 6.42 Å². The van der Waals surface area contributed by atoms with Crippen molar-refractivity contribution < 1.29 is 12.6 Å². The third-order valence-electron chi connectivity index (χ3n) is 6.54. The third-order valence-corrected chi connectivity index (χ3v) is 8.85. The van der Waals surface area contributed by atoms with Crippen molar-refractivity contribution >= 4 is 42.0 Å². The van der Waals surface area contributed by atoms with Crippen molar-refractivity contribution in [2.24, 2.45) is 0 Å². The molecule has 0 bridgehead atoms. The molecule has 0 atom stereocenters. The Morgan fingerprint density at radius 1 is 0.818 bits per heavy atom. The van der Waals surface area contributed by atoms with Crippen LogP contribution in [0, 0.1) is 6.92 Å². The molecule has 0 saturated heterocycles. The van der Waals surface area contributed by atoms with Crippen molar-refractivity contribution in [3.8, 4) is 11.1 Å². The van der Waals surface area contributed by atoms with Gasteiger partial charge in [-0.3, -0.25) is 4.18 Å². The maximum absolute atomic E-state index is 12.6. The van der Waals surface area contributed by atoms with Gasteiger partial charge >= 0.3 is 0 Å². The zero-order valence-corrected chi connectivity index (χ0v) is 22.9. The minimum atomic E-state index is -3.76. The normalized spacial score (nSPS) is 14.2. The summed E-state index contributed by atoms with van der Waals surface area (Å²) in [6.45, 7) is 4.31. The van der Waals surface area contributed by atoms with Crippen LogP contribution in [-0.2, 0) is 19.7 Å². The van der Waals surface area contributed by atoms with Gasteiger partial charge in [0.2, 0.25) is 0 Å². The van der Waals surface area contributed by atoms with E-state index >= 15 is 0 Å². The highest BCUT2D eigenvalue weighted by Crippen LogP contribution is 2.55. The van der Waals surface area contributed by atoms with Crippen molar-refractivity contribution in [3.63, 3.8) is 0 Å². The van der Waals surface area contributed by atoms with Crippen molar-refractivity contribution in [2.45, 2.75) is 56.3 Å². The van der Waals surface area contributed by atoms with Gasteiger partial charge in [0.15, 0.2) is 0 Å². The SMILES string of the molecule is CCCCC1(CCCOS(=O)(=O)c2ccc(C)cc2)c2cc(Br)ccc2-c2ccc(Br)cc21. The molecule has 1 aliphatic carbocycles. The lowest BCUT2D eigenvalue weighted by Crippen LogP contribution is -2.26. The van der Waals surface area contributed by atoms with Crippen molar-refractivity contribution in [1.82, 2.24) is 0 Å². The number of unbranched alkanes of at least 4 members (excludes halogenated alkanes) is 1. The lowest BCUT2D eigenvalue weighted by molar-refractivity contribution is 0.288. The molecule has 0 aliphatic heterocycles. The molecule has 0 N–H and O–H groups in total. The molecule has 0 amide bonds. The molecule has 3 nitrogen and oxygen atoms in total. The third kappa shape index (κ3) is 5.00. The highest BCUT2D eigenvalue weighted by atomic mass is 79.9. The van der Waals surface area contributed by atoms with E-state index in [4.69, 9.17) is 4.18 Å². The van der Waals surface area contributed by atoms with E-state index in [1.165, 1.54) is 22.3 Å². The van der Waals surface area contributed by atoms with Gasteiger partial charge in [-0.1, -0.05) is 81.5 Å². The summed E-state index contributed by atoms with van der Waals surface area (Å²) in [5.41, 5.74) is 6.03. The smallest absolute Gasteiger partial charge is 0.266 e. The Morgan fingerprint density at radius 2 is 1.36 bits per heavy atom. The zero-order valence-electron chi connectivity index (χ0n) is 18.9. The fraction of sp³-hybridized carbons (Fsp3) is 0.333. The lowest BCUT2D eigenvalue weighted by Gasteiger charge is -2.33. The molecule has 4 rings (SSSR count). The van der Waals surface area contributed by atoms with Gasteiger partial charge in [-0.15, -0.1) is 0 Å².